The highest BCUT2D eigenvalue weighted by Crippen LogP contribution is 2.44. The number of hydrogen-bond acceptors (Lipinski definition) is 7. The Labute approximate surface area is 237 Å². The number of aryl methyl sites for hydroxylation is 1. The second-order valence-electron chi connectivity index (χ2n) is 12.5. The summed E-state index contributed by atoms with van der Waals surface area (Å²) in [7, 11) is -0.361. The van der Waals surface area contributed by atoms with Gasteiger partial charge in [0.25, 0.3) is 0 Å². The van der Waals surface area contributed by atoms with Crippen LogP contribution < -0.4 is 19.7 Å². The van der Waals surface area contributed by atoms with Crippen molar-refractivity contribution in [2.45, 2.75) is 84.0 Å². The average Bonchev–Trinajstić information content (AvgIpc) is 3.37. The molecule has 8 heteroatoms. The number of aliphatic hydroxyl groups is 1. The van der Waals surface area contributed by atoms with E-state index in [0.717, 1.165) is 28.9 Å². The normalized spacial score (nSPS) is 19.3. The number of nitrogens with zero attached hydrogens (tertiary/aromatic N) is 1. The van der Waals surface area contributed by atoms with Gasteiger partial charge < -0.3 is 28.6 Å². The highest BCUT2D eigenvalue weighted by atomic mass is 16.7. The molecule has 212 valence electrons. The molecule has 0 amide bonds. The lowest BCUT2D eigenvalue weighted by Gasteiger charge is -2.32. The third-order valence-electron chi connectivity index (χ3n) is 8.06. The average molecular weight is 545 g/mol. The maximum absolute atomic E-state index is 9.88. The summed E-state index contributed by atoms with van der Waals surface area (Å²) in [4.78, 5) is 4.52. The zero-order valence-electron chi connectivity index (χ0n) is 24.6. The Balaban J connectivity index is 1.23. The van der Waals surface area contributed by atoms with Gasteiger partial charge in [0.05, 0.1) is 35.7 Å². The molecule has 3 heterocycles. The molecular weight excluding hydrogens is 505 g/mol. The fourth-order valence-corrected chi connectivity index (χ4v) is 4.84. The molecule has 0 radical (unpaired) electrons. The first-order valence-electron chi connectivity index (χ1n) is 14.0. The second kappa shape index (κ2) is 10.7. The third-order valence-corrected chi connectivity index (χ3v) is 8.06. The van der Waals surface area contributed by atoms with Crippen molar-refractivity contribution < 1.29 is 28.6 Å². The standard InChI is InChI=1S/C32H40BNO6/c1-21-26(15-16-28(34-21)36-18-17-30(2,3)35)38-27-10-8-9-25-23(20-37-29(25)27)19-22-11-13-24(14-12-22)33-39-31(4,5)32(6,7)40-33/h8-16,23,35H,17-20H2,1-7H3. The van der Waals surface area contributed by atoms with E-state index in [1.165, 1.54) is 5.56 Å². The molecule has 1 unspecified atom stereocenters. The number of para-hydroxylation sites is 1. The first-order chi connectivity index (χ1) is 18.8. The van der Waals surface area contributed by atoms with E-state index in [4.69, 9.17) is 23.5 Å². The molecule has 7 nitrogen and oxygen atoms in total. The molecule has 1 atom stereocenters. The summed E-state index contributed by atoms with van der Waals surface area (Å²) < 4.78 is 30.5. The highest BCUT2D eigenvalue weighted by molar-refractivity contribution is 6.62. The van der Waals surface area contributed by atoms with Gasteiger partial charge in [-0.05, 0) is 78.0 Å². The number of rotatable bonds is 9. The second-order valence-corrected chi connectivity index (χ2v) is 12.5. The Morgan fingerprint density at radius 2 is 1.68 bits per heavy atom. The first-order valence-corrected chi connectivity index (χ1v) is 14.0. The number of fused-ring (bicyclic) bond motifs is 1. The van der Waals surface area contributed by atoms with Crippen molar-refractivity contribution >= 4 is 12.6 Å². The van der Waals surface area contributed by atoms with Crippen LogP contribution in [-0.2, 0) is 15.7 Å². The van der Waals surface area contributed by atoms with Crippen LogP contribution in [0.3, 0.4) is 0 Å². The molecule has 1 fully saturated rings. The van der Waals surface area contributed by atoms with Crippen LogP contribution in [0.5, 0.6) is 23.1 Å². The minimum Gasteiger partial charge on any atom is -0.489 e. The van der Waals surface area contributed by atoms with Crippen LogP contribution in [0.4, 0.5) is 0 Å². The van der Waals surface area contributed by atoms with Gasteiger partial charge in [0.1, 0.15) is 5.75 Å². The van der Waals surface area contributed by atoms with Crippen LogP contribution >= 0.6 is 0 Å². The van der Waals surface area contributed by atoms with E-state index in [9.17, 15) is 5.11 Å². The maximum atomic E-state index is 9.88. The number of hydrogen-bond donors (Lipinski definition) is 1. The Morgan fingerprint density at radius 1 is 0.975 bits per heavy atom. The van der Waals surface area contributed by atoms with Crippen LogP contribution in [0.15, 0.2) is 54.6 Å². The molecule has 2 aromatic carbocycles. The molecule has 2 aliphatic heterocycles. The van der Waals surface area contributed by atoms with E-state index in [1.807, 2.05) is 25.1 Å². The number of pyridine rings is 1. The van der Waals surface area contributed by atoms with Crippen LogP contribution in [0.1, 0.15) is 70.7 Å². The fourth-order valence-electron chi connectivity index (χ4n) is 4.84. The van der Waals surface area contributed by atoms with Gasteiger partial charge in [-0.2, -0.15) is 0 Å². The highest BCUT2D eigenvalue weighted by Gasteiger charge is 2.51. The Bertz CT molecular complexity index is 1330. The van der Waals surface area contributed by atoms with Crippen LogP contribution in [0.25, 0.3) is 0 Å². The minimum absolute atomic E-state index is 0.229. The van der Waals surface area contributed by atoms with Gasteiger partial charge in [-0.15, -0.1) is 0 Å². The molecule has 1 saturated heterocycles. The molecule has 40 heavy (non-hydrogen) atoms. The van der Waals surface area contributed by atoms with Gasteiger partial charge in [0, 0.05) is 24.0 Å². The summed E-state index contributed by atoms with van der Waals surface area (Å²) in [6.07, 6.45) is 1.38. The Kier molecular flexibility index (Phi) is 7.63. The summed E-state index contributed by atoms with van der Waals surface area (Å²) in [6, 6.07) is 18.2. The fraction of sp³-hybridized carbons (Fsp3) is 0.469. The van der Waals surface area contributed by atoms with Crippen LogP contribution in [-0.4, -0.2) is 47.2 Å². The van der Waals surface area contributed by atoms with Crippen molar-refractivity contribution in [2.75, 3.05) is 13.2 Å². The quantitative estimate of drug-likeness (QED) is 0.344. The zero-order chi connectivity index (χ0) is 28.7. The topological polar surface area (TPSA) is 79.3 Å². The zero-order valence-corrected chi connectivity index (χ0v) is 24.6. The molecule has 5 rings (SSSR count). The molecule has 3 aromatic rings. The van der Waals surface area contributed by atoms with Crippen molar-refractivity contribution in [3.63, 3.8) is 0 Å². The number of ether oxygens (including phenoxy) is 3. The summed E-state index contributed by atoms with van der Waals surface area (Å²) in [6.45, 7) is 14.7. The van der Waals surface area contributed by atoms with E-state index in [2.05, 4.69) is 63.0 Å². The summed E-state index contributed by atoms with van der Waals surface area (Å²) in [5, 5.41) is 9.88. The predicted molar refractivity (Wildman–Crippen MR) is 156 cm³/mol. The lowest BCUT2D eigenvalue weighted by Crippen LogP contribution is -2.41. The van der Waals surface area contributed by atoms with Gasteiger partial charge in [-0.25, -0.2) is 4.98 Å². The van der Waals surface area contributed by atoms with E-state index >= 15 is 0 Å². The maximum Gasteiger partial charge on any atom is 0.494 e. The third kappa shape index (κ3) is 6.14. The monoisotopic (exact) mass is 545 g/mol. The van der Waals surface area contributed by atoms with Crippen molar-refractivity contribution in [3.8, 4) is 23.1 Å². The van der Waals surface area contributed by atoms with Gasteiger partial charge in [0.15, 0.2) is 11.5 Å². The molecule has 1 aromatic heterocycles. The Hall–Kier alpha value is -3.07. The first kappa shape index (κ1) is 28.5. The SMILES string of the molecule is Cc1nc(OCCC(C)(C)O)ccc1Oc1cccc2c1OCC2Cc1ccc(B2OC(C)(C)C(C)(C)O2)cc1. The van der Waals surface area contributed by atoms with Gasteiger partial charge >= 0.3 is 7.12 Å². The minimum atomic E-state index is -0.776. The van der Waals surface area contributed by atoms with Crippen molar-refractivity contribution in [1.29, 1.82) is 0 Å². The van der Waals surface area contributed by atoms with Crippen molar-refractivity contribution in [2.24, 2.45) is 0 Å². The number of aromatic nitrogens is 1. The lowest BCUT2D eigenvalue weighted by molar-refractivity contribution is 0.00578. The van der Waals surface area contributed by atoms with Gasteiger partial charge in [0.2, 0.25) is 5.88 Å². The molecule has 0 bridgehead atoms. The predicted octanol–water partition coefficient (Wildman–Crippen LogP) is 5.74. The molecule has 0 aliphatic carbocycles. The summed E-state index contributed by atoms with van der Waals surface area (Å²) >= 11 is 0. The summed E-state index contributed by atoms with van der Waals surface area (Å²) in [5.41, 5.74) is 2.63. The van der Waals surface area contributed by atoms with Gasteiger partial charge in [-0.1, -0.05) is 36.4 Å². The van der Waals surface area contributed by atoms with E-state index in [1.54, 1.807) is 19.9 Å². The van der Waals surface area contributed by atoms with Crippen LogP contribution in [0, 0.1) is 6.92 Å². The van der Waals surface area contributed by atoms with Crippen molar-refractivity contribution in [3.05, 3.63) is 71.4 Å². The van der Waals surface area contributed by atoms with E-state index < -0.39 is 5.60 Å². The molecule has 1 N–H and O–H groups in total. The Morgan fingerprint density at radius 3 is 2.33 bits per heavy atom. The van der Waals surface area contributed by atoms with Crippen LogP contribution in [0.2, 0.25) is 0 Å². The molecular formula is C32H40BNO6. The smallest absolute Gasteiger partial charge is 0.489 e. The van der Waals surface area contributed by atoms with E-state index in [0.29, 0.717) is 37.0 Å². The molecule has 2 aliphatic rings. The molecule has 0 saturated carbocycles. The van der Waals surface area contributed by atoms with E-state index in [-0.39, 0.29) is 24.2 Å². The largest absolute Gasteiger partial charge is 0.494 e. The van der Waals surface area contributed by atoms with Gasteiger partial charge in [-0.3, -0.25) is 0 Å². The number of benzene rings is 2. The van der Waals surface area contributed by atoms with Crippen molar-refractivity contribution in [1.82, 2.24) is 4.98 Å². The summed E-state index contributed by atoms with van der Waals surface area (Å²) in [5.74, 6) is 2.84. The lowest BCUT2D eigenvalue weighted by atomic mass is 9.78. The molecule has 0 spiro atoms.